The molecule has 0 amide bonds. The third kappa shape index (κ3) is 4.04. The number of nitrogens with zero attached hydrogens (tertiary/aromatic N) is 7. The smallest absolute Gasteiger partial charge is 0.305 e. The van der Waals surface area contributed by atoms with Gasteiger partial charge in [-0.1, -0.05) is 18.2 Å². The Labute approximate surface area is 208 Å². The molecule has 0 saturated carbocycles. The molecule has 4 aromatic rings. The van der Waals surface area contributed by atoms with Crippen molar-refractivity contribution in [1.29, 1.82) is 0 Å². The standard InChI is InChI=1S/C26H27N7O3/c34-20-7-5-19(6-8-20)30-13-15-31(16-14-30)26-28-24-23(27-17-32(24)11-10-22(35)36)25(29-26)33-12-9-18-3-1-2-4-21(18)33/h1-8,17,34H,9-16H2,(H,35,36). The van der Waals surface area contributed by atoms with Gasteiger partial charge in [-0.2, -0.15) is 9.97 Å². The Morgan fingerprint density at radius 1 is 0.917 bits per heavy atom. The van der Waals surface area contributed by atoms with Gasteiger partial charge in [0.2, 0.25) is 5.95 Å². The summed E-state index contributed by atoms with van der Waals surface area (Å²) in [6, 6.07) is 15.6. The number of imidazole rings is 1. The van der Waals surface area contributed by atoms with Crippen LogP contribution in [0.25, 0.3) is 11.2 Å². The molecule has 2 aliphatic heterocycles. The van der Waals surface area contributed by atoms with E-state index in [2.05, 4.69) is 37.9 Å². The number of anilines is 4. The Morgan fingerprint density at radius 2 is 1.67 bits per heavy atom. The molecule has 10 nitrogen and oxygen atoms in total. The summed E-state index contributed by atoms with van der Waals surface area (Å²) in [7, 11) is 0. The number of aromatic nitrogens is 4. The van der Waals surface area contributed by atoms with Gasteiger partial charge in [0, 0.05) is 50.6 Å². The molecule has 4 heterocycles. The molecule has 0 unspecified atom stereocenters. The SMILES string of the molecule is O=C(O)CCn1cnc2c(N3CCc4ccccc43)nc(N3CCN(c4ccc(O)cc4)CC3)nc21. The largest absolute Gasteiger partial charge is 0.508 e. The zero-order chi connectivity index (χ0) is 24.6. The molecule has 2 aromatic carbocycles. The van der Waals surface area contributed by atoms with Crippen molar-refractivity contribution in [3.05, 3.63) is 60.4 Å². The van der Waals surface area contributed by atoms with Crippen molar-refractivity contribution in [2.24, 2.45) is 0 Å². The molecule has 184 valence electrons. The summed E-state index contributed by atoms with van der Waals surface area (Å²) in [5.41, 5.74) is 4.81. The highest BCUT2D eigenvalue weighted by Crippen LogP contribution is 2.37. The number of carboxylic acids is 1. The van der Waals surface area contributed by atoms with Crippen LogP contribution in [0, 0.1) is 0 Å². The second-order valence-corrected chi connectivity index (χ2v) is 9.12. The summed E-state index contributed by atoms with van der Waals surface area (Å²) in [6.07, 6.45) is 2.60. The Kier molecular flexibility index (Phi) is 5.55. The summed E-state index contributed by atoms with van der Waals surface area (Å²) in [5.74, 6) is 0.791. The average molecular weight is 486 g/mol. The van der Waals surface area contributed by atoms with Gasteiger partial charge in [-0.3, -0.25) is 4.79 Å². The molecule has 1 saturated heterocycles. The number of aryl methyl sites for hydroxylation is 1. The number of para-hydroxylation sites is 1. The van der Waals surface area contributed by atoms with E-state index in [-0.39, 0.29) is 12.2 Å². The minimum Gasteiger partial charge on any atom is -0.508 e. The number of fused-ring (bicyclic) bond motifs is 2. The van der Waals surface area contributed by atoms with E-state index in [1.165, 1.54) is 5.56 Å². The lowest BCUT2D eigenvalue weighted by molar-refractivity contribution is -0.137. The molecule has 0 aliphatic carbocycles. The minimum atomic E-state index is -0.856. The molecule has 0 radical (unpaired) electrons. The van der Waals surface area contributed by atoms with Crippen molar-refractivity contribution in [2.75, 3.05) is 47.4 Å². The van der Waals surface area contributed by atoms with Crippen LogP contribution >= 0.6 is 0 Å². The third-order valence-corrected chi connectivity index (χ3v) is 6.92. The highest BCUT2D eigenvalue weighted by molar-refractivity contribution is 5.89. The Hall–Kier alpha value is -4.34. The molecular formula is C26H27N7O3. The second kappa shape index (κ2) is 9.03. The average Bonchev–Trinajstić information content (AvgIpc) is 3.52. The molecule has 0 spiro atoms. The highest BCUT2D eigenvalue weighted by atomic mass is 16.4. The molecule has 2 aliphatic rings. The van der Waals surface area contributed by atoms with Crippen molar-refractivity contribution in [3.63, 3.8) is 0 Å². The summed E-state index contributed by atoms with van der Waals surface area (Å²) in [6.45, 7) is 4.18. The Morgan fingerprint density at radius 3 is 2.44 bits per heavy atom. The minimum absolute atomic E-state index is 0.00200. The maximum Gasteiger partial charge on any atom is 0.305 e. The quantitative estimate of drug-likeness (QED) is 0.426. The van der Waals surface area contributed by atoms with Gasteiger partial charge < -0.3 is 29.5 Å². The molecule has 2 aromatic heterocycles. The van der Waals surface area contributed by atoms with Gasteiger partial charge in [0.1, 0.15) is 5.75 Å². The summed E-state index contributed by atoms with van der Waals surface area (Å²) in [5, 5.41) is 18.8. The van der Waals surface area contributed by atoms with Gasteiger partial charge in [-0.25, -0.2) is 4.98 Å². The maximum absolute atomic E-state index is 11.2. The van der Waals surface area contributed by atoms with E-state index in [1.54, 1.807) is 18.5 Å². The van der Waals surface area contributed by atoms with Gasteiger partial charge >= 0.3 is 5.97 Å². The number of benzene rings is 2. The predicted molar refractivity (Wildman–Crippen MR) is 137 cm³/mol. The van der Waals surface area contributed by atoms with Gasteiger partial charge in [0.15, 0.2) is 17.0 Å². The zero-order valence-corrected chi connectivity index (χ0v) is 19.8. The number of carboxylic acid groups (broad SMARTS) is 1. The summed E-state index contributed by atoms with van der Waals surface area (Å²) >= 11 is 0. The molecule has 0 bridgehead atoms. The Bertz CT molecular complexity index is 1410. The number of phenols is 1. The molecule has 1 fully saturated rings. The lowest BCUT2D eigenvalue weighted by atomic mass is 10.2. The number of hydrogen-bond donors (Lipinski definition) is 2. The maximum atomic E-state index is 11.2. The predicted octanol–water partition coefficient (Wildman–Crippen LogP) is 3.03. The number of piperazine rings is 1. The Balaban J connectivity index is 1.34. The van der Waals surface area contributed by atoms with Crippen molar-refractivity contribution in [3.8, 4) is 5.75 Å². The summed E-state index contributed by atoms with van der Waals surface area (Å²) < 4.78 is 1.81. The molecule has 36 heavy (non-hydrogen) atoms. The molecule has 6 rings (SSSR count). The number of phenolic OH excluding ortho intramolecular Hbond substituents is 1. The molecule has 0 atom stereocenters. The first-order valence-electron chi connectivity index (χ1n) is 12.2. The first-order valence-corrected chi connectivity index (χ1v) is 12.2. The lowest BCUT2D eigenvalue weighted by Crippen LogP contribution is -2.47. The fraction of sp³-hybridized carbons (Fsp3) is 0.308. The van der Waals surface area contributed by atoms with E-state index >= 15 is 0 Å². The molecular weight excluding hydrogens is 458 g/mol. The van der Waals surface area contributed by atoms with Crippen LogP contribution < -0.4 is 14.7 Å². The van der Waals surface area contributed by atoms with Crippen molar-refractivity contribution >= 4 is 40.3 Å². The van der Waals surface area contributed by atoms with Crippen LogP contribution in [-0.4, -0.2) is 68.4 Å². The van der Waals surface area contributed by atoms with Crippen LogP contribution in [0.5, 0.6) is 5.75 Å². The van der Waals surface area contributed by atoms with Gasteiger partial charge in [0.25, 0.3) is 0 Å². The first kappa shape index (κ1) is 22.1. The van der Waals surface area contributed by atoms with E-state index in [0.717, 1.165) is 56.3 Å². The van der Waals surface area contributed by atoms with Gasteiger partial charge in [-0.15, -0.1) is 0 Å². The van der Waals surface area contributed by atoms with Crippen molar-refractivity contribution < 1.29 is 15.0 Å². The van der Waals surface area contributed by atoms with Crippen LogP contribution in [0.1, 0.15) is 12.0 Å². The fourth-order valence-corrected chi connectivity index (χ4v) is 5.01. The van der Waals surface area contributed by atoms with Gasteiger partial charge in [-0.05, 0) is 42.3 Å². The number of carbonyl (C=O) groups is 1. The number of rotatable bonds is 6. The van der Waals surface area contributed by atoms with Gasteiger partial charge in [0.05, 0.1) is 12.7 Å². The van der Waals surface area contributed by atoms with Crippen LogP contribution in [0.2, 0.25) is 0 Å². The van der Waals surface area contributed by atoms with Crippen molar-refractivity contribution in [2.45, 2.75) is 19.4 Å². The highest BCUT2D eigenvalue weighted by Gasteiger charge is 2.28. The second-order valence-electron chi connectivity index (χ2n) is 9.12. The summed E-state index contributed by atoms with van der Waals surface area (Å²) in [4.78, 5) is 32.4. The van der Waals surface area contributed by atoms with E-state index in [0.29, 0.717) is 23.7 Å². The monoisotopic (exact) mass is 485 g/mol. The van der Waals surface area contributed by atoms with E-state index in [9.17, 15) is 15.0 Å². The molecule has 10 heteroatoms. The van der Waals surface area contributed by atoms with E-state index < -0.39 is 5.97 Å². The number of aromatic hydroxyl groups is 1. The van der Waals surface area contributed by atoms with Crippen LogP contribution in [0.4, 0.5) is 23.1 Å². The fourth-order valence-electron chi connectivity index (χ4n) is 5.01. The normalized spacial score (nSPS) is 15.5. The number of aliphatic carboxylic acids is 1. The zero-order valence-electron chi connectivity index (χ0n) is 19.8. The van der Waals surface area contributed by atoms with Crippen LogP contribution in [0.3, 0.4) is 0 Å². The van der Waals surface area contributed by atoms with E-state index in [1.807, 2.05) is 22.8 Å². The van der Waals surface area contributed by atoms with Crippen LogP contribution in [-0.2, 0) is 17.8 Å². The van der Waals surface area contributed by atoms with E-state index in [4.69, 9.17) is 9.97 Å². The van der Waals surface area contributed by atoms with Crippen molar-refractivity contribution in [1.82, 2.24) is 19.5 Å². The third-order valence-electron chi connectivity index (χ3n) is 6.92. The first-order chi connectivity index (χ1) is 17.6. The lowest BCUT2D eigenvalue weighted by Gasteiger charge is -2.36. The van der Waals surface area contributed by atoms with Crippen LogP contribution in [0.15, 0.2) is 54.9 Å². The topological polar surface area (TPSA) is 111 Å². The molecule has 2 N–H and O–H groups in total. The number of hydrogen-bond acceptors (Lipinski definition) is 8.